The van der Waals surface area contributed by atoms with Gasteiger partial charge in [-0.1, -0.05) is 11.6 Å². The number of fused-ring (bicyclic) bond motifs is 2. The molecular weight excluding hydrogens is 458 g/mol. The Labute approximate surface area is 198 Å². The minimum absolute atomic E-state index is 0.289. The van der Waals surface area contributed by atoms with Gasteiger partial charge in [-0.25, -0.2) is 15.0 Å². The van der Waals surface area contributed by atoms with E-state index in [2.05, 4.69) is 25.6 Å². The highest BCUT2D eigenvalue weighted by atomic mass is 35.5. The number of hydrogen-bond acceptors (Lipinski definition) is 8. The number of nitrogens with two attached hydrogens (primary N) is 1. The molecule has 3 N–H and O–H groups in total. The summed E-state index contributed by atoms with van der Waals surface area (Å²) in [4.78, 5) is 16.5. The fourth-order valence-corrected chi connectivity index (χ4v) is 5.66. The molecule has 1 unspecified atom stereocenters. The lowest BCUT2D eigenvalue weighted by Gasteiger charge is -2.16. The Morgan fingerprint density at radius 1 is 1.27 bits per heavy atom. The van der Waals surface area contributed by atoms with Gasteiger partial charge in [0.25, 0.3) is 0 Å². The van der Waals surface area contributed by atoms with E-state index in [1.807, 2.05) is 32.3 Å². The first-order valence-corrected chi connectivity index (χ1v) is 12.0. The molecule has 4 aromatic heterocycles. The van der Waals surface area contributed by atoms with Crippen LogP contribution in [0.3, 0.4) is 0 Å². The zero-order valence-corrected chi connectivity index (χ0v) is 19.7. The predicted molar refractivity (Wildman–Crippen MR) is 131 cm³/mol. The highest BCUT2D eigenvalue weighted by Gasteiger charge is 2.35. The first kappa shape index (κ1) is 20.5. The number of H-pyrrole nitrogens is 1. The van der Waals surface area contributed by atoms with E-state index in [1.54, 1.807) is 22.2 Å². The highest BCUT2D eigenvalue weighted by molar-refractivity contribution is 7.09. The SMILES string of the molecule is Cc1nc(C2CN(c3cnc4c(-c5ccc6nn(C)cc6c5Cl)[nH]nc4n3)C[C@H]2CN)cs1. The van der Waals surface area contributed by atoms with Gasteiger partial charge in [0.05, 0.1) is 33.1 Å². The third kappa shape index (κ3) is 3.36. The molecule has 5 heterocycles. The fourth-order valence-electron chi connectivity index (χ4n) is 4.68. The zero-order chi connectivity index (χ0) is 22.7. The number of halogens is 1. The fraction of sp³-hybridized carbons (Fsp3) is 0.318. The van der Waals surface area contributed by atoms with Crippen molar-refractivity contribution in [3.8, 4) is 11.3 Å². The number of nitrogens with one attached hydrogen (secondary N) is 1. The van der Waals surface area contributed by atoms with Crippen molar-refractivity contribution in [3.63, 3.8) is 0 Å². The van der Waals surface area contributed by atoms with Gasteiger partial charge in [0.1, 0.15) is 11.3 Å². The van der Waals surface area contributed by atoms with Crippen LogP contribution in [0.4, 0.5) is 5.82 Å². The van der Waals surface area contributed by atoms with Gasteiger partial charge in [0.15, 0.2) is 0 Å². The van der Waals surface area contributed by atoms with E-state index in [-0.39, 0.29) is 5.92 Å². The summed E-state index contributed by atoms with van der Waals surface area (Å²) in [7, 11) is 1.88. The molecule has 1 aliphatic rings. The molecule has 0 radical (unpaired) electrons. The van der Waals surface area contributed by atoms with Crippen LogP contribution in [0.2, 0.25) is 5.02 Å². The van der Waals surface area contributed by atoms with Crippen molar-refractivity contribution in [3.05, 3.63) is 45.6 Å². The maximum Gasteiger partial charge on any atom is 0.202 e. The molecule has 1 aromatic carbocycles. The molecule has 2 atom stereocenters. The number of aryl methyl sites for hydroxylation is 2. The van der Waals surface area contributed by atoms with Crippen LogP contribution in [-0.4, -0.2) is 54.6 Å². The van der Waals surface area contributed by atoms with E-state index in [9.17, 15) is 0 Å². The van der Waals surface area contributed by atoms with E-state index >= 15 is 0 Å². The zero-order valence-electron chi connectivity index (χ0n) is 18.2. The van der Waals surface area contributed by atoms with Gasteiger partial charge in [0, 0.05) is 48.6 Å². The minimum atomic E-state index is 0.289. The number of aromatic amines is 1. The quantitative estimate of drug-likeness (QED) is 0.405. The van der Waals surface area contributed by atoms with Gasteiger partial charge >= 0.3 is 0 Å². The summed E-state index contributed by atoms with van der Waals surface area (Å²) in [6, 6.07) is 3.88. The van der Waals surface area contributed by atoms with E-state index in [0.29, 0.717) is 28.6 Å². The van der Waals surface area contributed by atoms with Crippen LogP contribution in [0.25, 0.3) is 33.3 Å². The number of nitrogens with zero attached hydrogens (tertiary/aromatic N) is 7. The lowest BCUT2D eigenvalue weighted by atomic mass is 9.94. The Morgan fingerprint density at radius 3 is 2.94 bits per heavy atom. The smallest absolute Gasteiger partial charge is 0.202 e. The molecule has 5 aromatic rings. The summed E-state index contributed by atoms with van der Waals surface area (Å²) in [6.07, 6.45) is 3.71. The molecule has 9 nitrogen and oxygen atoms in total. The monoisotopic (exact) mass is 479 g/mol. The molecule has 11 heteroatoms. The number of hydrogen-bond donors (Lipinski definition) is 2. The van der Waals surface area contributed by atoms with Crippen LogP contribution >= 0.6 is 22.9 Å². The summed E-state index contributed by atoms with van der Waals surface area (Å²) in [5.74, 6) is 1.41. The maximum atomic E-state index is 6.72. The summed E-state index contributed by atoms with van der Waals surface area (Å²) in [5, 5.41) is 16.7. The Morgan fingerprint density at radius 2 is 2.15 bits per heavy atom. The van der Waals surface area contributed by atoms with Crippen LogP contribution in [0.15, 0.2) is 29.9 Å². The first-order chi connectivity index (χ1) is 16.0. The molecular formula is C22H22ClN9S. The molecule has 1 saturated heterocycles. The number of rotatable bonds is 4. The Bertz CT molecular complexity index is 1490. The average Bonchev–Trinajstić information content (AvgIpc) is 3.58. The molecule has 0 aliphatic carbocycles. The van der Waals surface area contributed by atoms with Gasteiger partial charge in [0.2, 0.25) is 5.65 Å². The summed E-state index contributed by atoms with van der Waals surface area (Å²) in [5.41, 5.74) is 10.9. The Kier molecular flexibility index (Phi) is 4.82. The van der Waals surface area contributed by atoms with Gasteiger partial charge in [-0.05, 0) is 31.5 Å². The minimum Gasteiger partial charge on any atom is -0.354 e. The van der Waals surface area contributed by atoms with Crippen molar-refractivity contribution in [1.82, 2.24) is 34.9 Å². The van der Waals surface area contributed by atoms with Gasteiger partial charge in [-0.2, -0.15) is 10.2 Å². The van der Waals surface area contributed by atoms with Crippen molar-refractivity contribution in [1.29, 1.82) is 0 Å². The molecule has 0 saturated carbocycles. The van der Waals surface area contributed by atoms with Crippen molar-refractivity contribution in [2.45, 2.75) is 12.8 Å². The van der Waals surface area contributed by atoms with E-state index in [1.165, 1.54) is 0 Å². The summed E-state index contributed by atoms with van der Waals surface area (Å²) in [6.45, 7) is 4.27. The molecule has 0 bridgehead atoms. The van der Waals surface area contributed by atoms with Crippen LogP contribution in [0.5, 0.6) is 0 Å². The molecule has 33 heavy (non-hydrogen) atoms. The lowest BCUT2D eigenvalue weighted by Crippen LogP contribution is -2.23. The summed E-state index contributed by atoms with van der Waals surface area (Å²) >= 11 is 8.39. The maximum absolute atomic E-state index is 6.72. The topological polar surface area (TPSA) is 114 Å². The third-order valence-corrected chi connectivity index (χ3v) is 7.54. The van der Waals surface area contributed by atoms with Crippen molar-refractivity contribution < 1.29 is 0 Å². The van der Waals surface area contributed by atoms with Crippen molar-refractivity contribution >= 4 is 50.8 Å². The number of thiazole rings is 1. The molecule has 1 aliphatic heterocycles. The third-order valence-electron chi connectivity index (χ3n) is 6.34. The lowest BCUT2D eigenvalue weighted by molar-refractivity contribution is 0.524. The molecule has 6 rings (SSSR count). The molecule has 0 spiro atoms. The van der Waals surface area contributed by atoms with Crippen LogP contribution in [-0.2, 0) is 7.05 Å². The van der Waals surface area contributed by atoms with Gasteiger partial charge < -0.3 is 10.6 Å². The molecule has 1 fully saturated rings. The molecule has 168 valence electrons. The largest absolute Gasteiger partial charge is 0.354 e. The predicted octanol–water partition coefficient (Wildman–Crippen LogP) is 3.50. The second kappa shape index (κ2) is 7.75. The van der Waals surface area contributed by atoms with E-state index in [0.717, 1.165) is 51.8 Å². The normalized spacial score (nSPS) is 18.7. The summed E-state index contributed by atoms with van der Waals surface area (Å²) < 4.78 is 1.75. The number of anilines is 1. The van der Waals surface area contributed by atoms with Crippen molar-refractivity contribution in [2.75, 3.05) is 24.5 Å². The standard InChI is InChI=1S/C22H22ClN9S/c1-11-26-17(10-33-11)14-9-32(7-12(14)5-24)18-6-25-21-20(28-29-22(21)27-18)13-3-4-16-15(19(13)23)8-31(2)30-16/h3-4,6,8,10,12,14H,5,7,9,24H2,1-2H3,(H,27,28,29)/t12-,14?/m1/s1. The van der Waals surface area contributed by atoms with Crippen molar-refractivity contribution in [2.24, 2.45) is 18.7 Å². The van der Waals surface area contributed by atoms with E-state index in [4.69, 9.17) is 32.3 Å². The number of benzene rings is 1. The van der Waals surface area contributed by atoms with Gasteiger partial charge in [-0.3, -0.25) is 9.78 Å². The van der Waals surface area contributed by atoms with Gasteiger partial charge in [-0.15, -0.1) is 11.3 Å². The van der Waals surface area contributed by atoms with E-state index < -0.39 is 0 Å². The Balaban J connectivity index is 1.34. The van der Waals surface area contributed by atoms with Crippen LogP contribution in [0.1, 0.15) is 16.6 Å². The molecule has 0 amide bonds. The average molecular weight is 480 g/mol. The second-order valence-corrected chi connectivity index (χ2v) is 9.90. The van der Waals surface area contributed by atoms with Crippen LogP contribution in [0, 0.1) is 12.8 Å². The Hall–Kier alpha value is -3.08. The first-order valence-electron chi connectivity index (χ1n) is 10.7. The number of aromatic nitrogens is 7. The highest BCUT2D eigenvalue weighted by Crippen LogP contribution is 2.37. The van der Waals surface area contributed by atoms with Crippen LogP contribution < -0.4 is 10.6 Å². The second-order valence-electron chi connectivity index (χ2n) is 8.46.